The molecule has 9 heteroatoms. The summed E-state index contributed by atoms with van der Waals surface area (Å²) >= 11 is 0. The molecule has 2 aromatic carbocycles. The molecule has 0 bridgehead atoms. The third kappa shape index (κ3) is 9.25. The molecule has 190 valence electrons. The number of aromatic amines is 1. The van der Waals surface area contributed by atoms with Crippen molar-refractivity contribution in [2.24, 2.45) is 0 Å². The predicted molar refractivity (Wildman–Crippen MR) is 135 cm³/mol. The fourth-order valence-corrected chi connectivity index (χ4v) is 3.48. The molecule has 0 aliphatic heterocycles. The van der Waals surface area contributed by atoms with E-state index in [0.717, 1.165) is 35.4 Å². The summed E-state index contributed by atoms with van der Waals surface area (Å²) in [4.78, 5) is 43.4. The lowest BCUT2D eigenvalue weighted by molar-refractivity contribution is 0.139. The van der Waals surface area contributed by atoms with Gasteiger partial charge in [-0.15, -0.1) is 0 Å². The molecule has 0 aliphatic carbocycles. The molecular formula is C27H32N4O5. The van der Waals surface area contributed by atoms with Gasteiger partial charge in [-0.2, -0.15) is 0 Å². The van der Waals surface area contributed by atoms with E-state index in [4.69, 9.17) is 9.47 Å². The molecule has 0 spiro atoms. The van der Waals surface area contributed by atoms with E-state index in [2.05, 4.69) is 20.6 Å². The molecule has 3 rings (SSSR count). The molecule has 3 aromatic rings. The highest BCUT2D eigenvalue weighted by Gasteiger charge is 2.09. The average molecular weight is 493 g/mol. The fraction of sp³-hybridized carbons (Fsp3) is 0.333. The van der Waals surface area contributed by atoms with E-state index >= 15 is 0 Å². The van der Waals surface area contributed by atoms with Crippen molar-refractivity contribution in [1.29, 1.82) is 0 Å². The van der Waals surface area contributed by atoms with Crippen molar-refractivity contribution in [2.75, 3.05) is 13.1 Å². The average Bonchev–Trinajstić information content (AvgIpc) is 2.89. The number of ether oxygens (including phenoxy) is 2. The molecule has 0 saturated carbocycles. The SMILES string of the molecule is Cc1nc(CCNC(=O)OCc2ccccc2)c(=O)[nH]c1CCCCNC(=O)OCc1ccccc1. The summed E-state index contributed by atoms with van der Waals surface area (Å²) in [5.41, 5.74) is 3.44. The van der Waals surface area contributed by atoms with Gasteiger partial charge in [0.1, 0.15) is 18.9 Å². The van der Waals surface area contributed by atoms with Crippen molar-refractivity contribution in [3.63, 3.8) is 0 Å². The van der Waals surface area contributed by atoms with Crippen LogP contribution in [0.4, 0.5) is 9.59 Å². The number of alkyl carbamates (subject to hydrolysis) is 2. The van der Waals surface area contributed by atoms with Crippen molar-refractivity contribution in [1.82, 2.24) is 20.6 Å². The van der Waals surface area contributed by atoms with Gasteiger partial charge >= 0.3 is 12.2 Å². The van der Waals surface area contributed by atoms with Gasteiger partial charge in [-0.05, 0) is 37.3 Å². The van der Waals surface area contributed by atoms with Gasteiger partial charge in [0.15, 0.2) is 0 Å². The van der Waals surface area contributed by atoms with Crippen LogP contribution in [0.3, 0.4) is 0 Å². The molecule has 0 radical (unpaired) electrons. The van der Waals surface area contributed by atoms with E-state index in [1.165, 1.54) is 0 Å². The number of benzene rings is 2. The number of carbonyl (C=O) groups excluding carboxylic acids is 2. The number of hydrogen-bond donors (Lipinski definition) is 3. The number of aryl methyl sites for hydroxylation is 2. The highest BCUT2D eigenvalue weighted by atomic mass is 16.6. The zero-order chi connectivity index (χ0) is 25.6. The van der Waals surface area contributed by atoms with Gasteiger partial charge in [0.05, 0.1) is 5.69 Å². The van der Waals surface area contributed by atoms with Gasteiger partial charge in [-0.25, -0.2) is 9.59 Å². The summed E-state index contributed by atoms with van der Waals surface area (Å²) in [6.45, 7) is 2.98. The van der Waals surface area contributed by atoms with Gasteiger partial charge in [-0.1, -0.05) is 60.7 Å². The van der Waals surface area contributed by atoms with Crippen LogP contribution in [0.15, 0.2) is 65.5 Å². The van der Waals surface area contributed by atoms with Crippen molar-refractivity contribution in [3.05, 3.63) is 99.2 Å². The molecule has 3 N–H and O–H groups in total. The van der Waals surface area contributed by atoms with E-state index in [-0.39, 0.29) is 25.3 Å². The maximum Gasteiger partial charge on any atom is 0.407 e. The standard InChI is InChI=1S/C27H32N4O5/c1-20-23(14-8-9-16-28-26(33)35-18-21-10-4-2-5-11-21)31-25(32)24(30-20)15-17-29-27(34)36-19-22-12-6-3-7-13-22/h2-7,10-13H,8-9,14-19H2,1H3,(H,28,33)(H,29,34)(H,31,32). The Hall–Kier alpha value is -4.14. The van der Waals surface area contributed by atoms with Crippen LogP contribution in [-0.2, 0) is 35.5 Å². The summed E-state index contributed by atoms with van der Waals surface area (Å²) in [7, 11) is 0. The Labute approximate surface area is 210 Å². The van der Waals surface area contributed by atoms with E-state index in [1.807, 2.05) is 67.6 Å². The second-order valence-corrected chi connectivity index (χ2v) is 8.26. The molecule has 0 aliphatic rings. The van der Waals surface area contributed by atoms with Crippen molar-refractivity contribution < 1.29 is 19.1 Å². The lowest BCUT2D eigenvalue weighted by Gasteiger charge is -2.10. The van der Waals surface area contributed by atoms with E-state index in [0.29, 0.717) is 25.1 Å². The monoisotopic (exact) mass is 492 g/mol. The Morgan fingerprint density at radius 3 is 1.94 bits per heavy atom. The summed E-state index contributed by atoms with van der Waals surface area (Å²) in [5, 5.41) is 5.37. The number of rotatable bonds is 12. The third-order valence-corrected chi connectivity index (χ3v) is 5.45. The Bertz CT molecular complexity index is 1170. The first-order chi connectivity index (χ1) is 17.5. The van der Waals surface area contributed by atoms with Gasteiger partial charge in [0.25, 0.3) is 5.56 Å². The maximum atomic E-state index is 12.4. The van der Waals surface area contributed by atoms with Gasteiger partial charge in [-0.3, -0.25) is 9.78 Å². The Balaban J connectivity index is 1.32. The van der Waals surface area contributed by atoms with E-state index in [1.54, 1.807) is 0 Å². The second-order valence-electron chi connectivity index (χ2n) is 8.26. The minimum atomic E-state index is -0.541. The summed E-state index contributed by atoms with van der Waals surface area (Å²) < 4.78 is 10.3. The third-order valence-electron chi connectivity index (χ3n) is 5.45. The van der Waals surface area contributed by atoms with Crippen molar-refractivity contribution in [3.8, 4) is 0 Å². The first-order valence-corrected chi connectivity index (χ1v) is 12.0. The summed E-state index contributed by atoms with van der Waals surface area (Å²) in [5.74, 6) is 0. The van der Waals surface area contributed by atoms with Crippen LogP contribution in [0.25, 0.3) is 0 Å². The highest BCUT2D eigenvalue weighted by Crippen LogP contribution is 2.06. The lowest BCUT2D eigenvalue weighted by Crippen LogP contribution is -2.29. The molecule has 9 nitrogen and oxygen atoms in total. The molecular weight excluding hydrogens is 460 g/mol. The minimum absolute atomic E-state index is 0.184. The number of aromatic nitrogens is 2. The number of hydrogen-bond acceptors (Lipinski definition) is 6. The van der Waals surface area contributed by atoms with Crippen LogP contribution in [-0.4, -0.2) is 35.2 Å². The first-order valence-electron chi connectivity index (χ1n) is 12.0. The fourth-order valence-electron chi connectivity index (χ4n) is 3.48. The summed E-state index contributed by atoms with van der Waals surface area (Å²) in [6, 6.07) is 18.9. The van der Waals surface area contributed by atoms with Crippen molar-refractivity contribution >= 4 is 12.2 Å². The van der Waals surface area contributed by atoms with E-state index in [9.17, 15) is 14.4 Å². The smallest absolute Gasteiger partial charge is 0.407 e. The topological polar surface area (TPSA) is 122 Å². The Morgan fingerprint density at radius 2 is 1.36 bits per heavy atom. The Morgan fingerprint density at radius 1 is 0.806 bits per heavy atom. The maximum absolute atomic E-state index is 12.4. The number of nitrogens with one attached hydrogen (secondary N) is 3. The second kappa shape index (κ2) is 14.3. The number of nitrogens with zero attached hydrogens (tertiary/aromatic N) is 1. The Kier molecular flexibility index (Phi) is 10.5. The van der Waals surface area contributed by atoms with Crippen LogP contribution in [0.1, 0.15) is 41.1 Å². The summed E-state index contributed by atoms with van der Waals surface area (Å²) in [6.07, 6.45) is 1.45. The van der Waals surface area contributed by atoms with Crippen LogP contribution in [0.5, 0.6) is 0 Å². The number of H-pyrrole nitrogens is 1. The largest absolute Gasteiger partial charge is 0.445 e. The molecule has 0 atom stereocenters. The molecule has 1 aromatic heterocycles. The number of carbonyl (C=O) groups is 2. The van der Waals surface area contributed by atoms with E-state index < -0.39 is 12.2 Å². The molecule has 1 heterocycles. The minimum Gasteiger partial charge on any atom is -0.445 e. The molecule has 0 fully saturated rings. The van der Waals surface area contributed by atoms with Gasteiger partial charge in [0, 0.05) is 25.2 Å². The normalized spacial score (nSPS) is 10.5. The number of amides is 2. The molecule has 36 heavy (non-hydrogen) atoms. The van der Waals surface area contributed by atoms with Crippen LogP contribution in [0, 0.1) is 6.92 Å². The first kappa shape index (κ1) is 26.5. The zero-order valence-corrected chi connectivity index (χ0v) is 20.4. The lowest BCUT2D eigenvalue weighted by atomic mass is 10.1. The predicted octanol–water partition coefficient (Wildman–Crippen LogP) is 3.80. The molecule has 0 saturated heterocycles. The van der Waals surface area contributed by atoms with Gasteiger partial charge in [0.2, 0.25) is 0 Å². The van der Waals surface area contributed by atoms with Gasteiger partial charge < -0.3 is 25.1 Å². The highest BCUT2D eigenvalue weighted by molar-refractivity contribution is 5.67. The number of unbranched alkanes of at least 4 members (excludes halogenated alkanes) is 1. The van der Waals surface area contributed by atoms with Crippen LogP contribution < -0.4 is 16.2 Å². The van der Waals surface area contributed by atoms with Crippen LogP contribution >= 0.6 is 0 Å². The zero-order valence-electron chi connectivity index (χ0n) is 20.4. The quantitative estimate of drug-likeness (QED) is 0.331. The van der Waals surface area contributed by atoms with Crippen molar-refractivity contribution in [2.45, 2.75) is 45.8 Å². The van der Waals surface area contributed by atoms with Crippen LogP contribution in [0.2, 0.25) is 0 Å². The molecule has 2 amide bonds. The molecule has 0 unspecified atom stereocenters.